The van der Waals surface area contributed by atoms with Crippen LogP contribution >= 0.6 is 0 Å². The first-order chi connectivity index (χ1) is 13.2. The molecule has 28 heavy (non-hydrogen) atoms. The Morgan fingerprint density at radius 1 is 1.14 bits per heavy atom. The van der Waals surface area contributed by atoms with Gasteiger partial charge in [-0.05, 0) is 43.0 Å². The molecule has 1 unspecified atom stereocenters. The molecule has 1 atom stereocenters. The van der Waals surface area contributed by atoms with E-state index in [0.717, 1.165) is 22.5 Å². The number of aryl methyl sites for hydroxylation is 1. The van der Waals surface area contributed by atoms with E-state index >= 15 is 0 Å². The summed E-state index contributed by atoms with van der Waals surface area (Å²) in [6, 6.07) is 13.6. The van der Waals surface area contributed by atoms with Crippen LogP contribution in [0.4, 0.5) is 10.1 Å². The number of nitrogens with one attached hydrogen (secondary N) is 1. The van der Waals surface area contributed by atoms with Crippen molar-refractivity contribution in [3.63, 3.8) is 0 Å². The molecule has 2 rings (SSSR count). The fourth-order valence-electron chi connectivity index (χ4n) is 2.94. The van der Waals surface area contributed by atoms with Crippen molar-refractivity contribution in [2.45, 2.75) is 39.2 Å². The van der Waals surface area contributed by atoms with Gasteiger partial charge in [0.2, 0.25) is 15.9 Å². The van der Waals surface area contributed by atoms with Crippen LogP contribution in [-0.4, -0.2) is 27.1 Å². The highest BCUT2D eigenvalue weighted by Gasteiger charge is 2.20. The van der Waals surface area contributed by atoms with E-state index in [0.29, 0.717) is 0 Å². The Morgan fingerprint density at radius 3 is 2.36 bits per heavy atom. The fraction of sp³-hybridized carbons (Fsp3) is 0.381. The number of para-hydroxylation sites is 1. The Balaban J connectivity index is 1.92. The second-order valence-electron chi connectivity index (χ2n) is 6.77. The molecule has 0 aliphatic carbocycles. The van der Waals surface area contributed by atoms with Crippen LogP contribution in [0.2, 0.25) is 0 Å². The van der Waals surface area contributed by atoms with Crippen LogP contribution in [0, 0.1) is 5.82 Å². The Kier molecular flexibility index (Phi) is 7.57. The van der Waals surface area contributed by atoms with Gasteiger partial charge in [0.1, 0.15) is 5.82 Å². The van der Waals surface area contributed by atoms with Gasteiger partial charge in [-0.3, -0.25) is 9.10 Å². The lowest BCUT2D eigenvalue weighted by atomic mass is 10.0. The van der Waals surface area contributed by atoms with Crippen molar-refractivity contribution in [3.8, 4) is 0 Å². The van der Waals surface area contributed by atoms with Gasteiger partial charge in [0.05, 0.1) is 18.0 Å². The molecule has 0 saturated heterocycles. The smallest absolute Gasteiger partial charge is 0.232 e. The van der Waals surface area contributed by atoms with Gasteiger partial charge in [-0.2, -0.15) is 0 Å². The molecule has 0 fully saturated rings. The van der Waals surface area contributed by atoms with Crippen LogP contribution in [0.25, 0.3) is 0 Å². The van der Waals surface area contributed by atoms with Gasteiger partial charge >= 0.3 is 0 Å². The number of rotatable bonds is 9. The number of halogens is 1. The minimum absolute atomic E-state index is 0.00482. The van der Waals surface area contributed by atoms with E-state index in [9.17, 15) is 17.6 Å². The maximum absolute atomic E-state index is 14.0. The van der Waals surface area contributed by atoms with Crippen molar-refractivity contribution < 1.29 is 17.6 Å². The van der Waals surface area contributed by atoms with Crippen molar-refractivity contribution in [2.24, 2.45) is 0 Å². The molecule has 0 aromatic heterocycles. The maximum atomic E-state index is 14.0. The Bertz CT molecular complexity index is 898. The highest BCUT2D eigenvalue weighted by molar-refractivity contribution is 7.92. The number of carbonyl (C=O) groups is 1. The van der Waals surface area contributed by atoms with Crippen LogP contribution in [0.5, 0.6) is 0 Å². The number of sulfonamides is 1. The van der Waals surface area contributed by atoms with E-state index in [2.05, 4.69) is 12.2 Å². The Hall–Kier alpha value is -2.41. The number of carbonyl (C=O) groups excluding carboxylic acids is 1. The first-order valence-electron chi connectivity index (χ1n) is 9.32. The van der Waals surface area contributed by atoms with E-state index in [1.165, 1.54) is 23.8 Å². The molecule has 1 N–H and O–H groups in total. The molecule has 0 saturated carbocycles. The van der Waals surface area contributed by atoms with Crippen molar-refractivity contribution in [1.82, 2.24) is 5.32 Å². The summed E-state index contributed by atoms with van der Waals surface area (Å²) in [6.07, 6.45) is 2.42. The largest absolute Gasteiger partial charge is 0.350 e. The number of hydrogen-bond acceptors (Lipinski definition) is 3. The molecule has 152 valence electrons. The topological polar surface area (TPSA) is 66.5 Å². The lowest BCUT2D eigenvalue weighted by Crippen LogP contribution is -2.33. The third-order valence-electron chi connectivity index (χ3n) is 4.55. The highest BCUT2D eigenvalue weighted by atomic mass is 32.2. The number of hydrogen-bond donors (Lipinski definition) is 1. The fourth-order valence-corrected chi connectivity index (χ4v) is 3.91. The first kappa shape index (κ1) is 21.9. The Labute approximate surface area is 166 Å². The molecule has 0 aliphatic rings. The van der Waals surface area contributed by atoms with Gasteiger partial charge in [0.25, 0.3) is 0 Å². The summed E-state index contributed by atoms with van der Waals surface area (Å²) in [5, 5.41) is 2.92. The van der Waals surface area contributed by atoms with Crippen LogP contribution in [0.15, 0.2) is 48.5 Å². The van der Waals surface area contributed by atoms with Crippen molar-refractivity contribution >= 4 is 21.6 Å². The van der Waals surface area contributed by atoms with Crippen molar-refractivity contribution in [1.29, 1.82) is 0 Å². The molecular weight excluding hydrogens is 379 g/mol. The molecule has 0 bridgehead atoms. The normalized spacial score (nSPS) is 12.4. The van der Waals surface area contributed by atoms with Gasteiger partial charge in [-0.1, -0.05) is 43.3 Å². The molecule has 5 nitrogen and oxygen atoms in total. The van der Waals surface area contributed by atoms with Crippen LogP contribution in [0.3, 0.4) is 0 Å². The lowest BCUT2D eigenvalue weighted by molar-refractivity contribution is -0.121. The van der Waals surface area contributed by atoms with E-state index in [1.54, 1.807) is 6.07 Å². The maximum Gasteiger partial charge on any atom is 0.232 e. The van der Waals surface area contributed by atoms with Gasteiger partial charge < -0.3 is 5.32 Å². The van der Waals surface area contributed by atoms with Crippen LogP contribution in [-0.2, 0) is 21.2 Å². The second kappa shape index (κ2) is 9.68. The van der Waals surface area contributed by atoms with E-state index < -0.39 is 15.8 Å². The molecule has 0 aliphatic heterocycles. The molecule has 2 aromatic rings. The predicted octanol–water partition coefficient (Wildman–Crippen LogP) is 3.81. The molecule has 0 heterocycles. The zero-order chi connectivity index (χ0) is 20.7. The molecule has 0 spiro atoms. The quantitative estimate of drug-likeness (QED) is 0.689. The van der Waals surface area contributed by atoms with Crippen molar-refractivity contribution in [3.05, 3.63) is 65.5 Å². The SMILES string of the molecule is CCc1ccc(C(C)NC(=O)CCCN(c2ccccc2F)S(C)(=O)=O)cc1. The molecule has 2 aromatic carbocycles. The zero-order valence-corrected chi connectivity index (χ0v) is 17.3. The van der Waals surface area contributed by atoms with Gasteiger partial charge in [0, 0.05) is 13.0 Å². The summed E-state index contributed by atoms with van der Waals surface area (Å²) in [7, 11) is -3.65. The van der Waals surface area contributed by atoms with Crippen LogP contribution < -0.4 is 9.62 Å². The minimum Gasteiger partial charge on any atom is -0.350 e. The summed E-state index contributed by atoms with van der Waals surface area (Å²) >= 11 is 0. The average Bonchev–Trinajstić information content (AvgIpc) is 2.65. The number of benzene rings is 2. The molecule has 0 radical (unpaired) electrons. The van der Waals surface area contributed by atoms with Crippen molar-refractivity contribution in [2.75, 3.05) is 17.1 Å². The molecule has 1 amide bonds. The standard InChI is InChI=1S/C21H27FN2O3S/c1-4-17-11-13-18(14-12-17)16(2)23-21(25)10-7-15-24(28(3,26)27)20-9-6-5-8-19(20)22/h5-6,8-9,11-14,16H,4,7,10,15H2,1-3H3,(H,23,25). The summed E-state index contributed by atoms with van der Waals surface area (Å²) < 4.78 is 39.1. The van der Waals surface area contributed by atoms with Gasteiger partial charge in [-0.25, -0.2) is 12.8 Å². The summed E-state index contributed by atoms with van der Waals surface area (Å²) in [4.78, 5) is 12.2. The third-order valence-corrected chi connectivity index (χ3v) is 5.73. The second-order valence-corrected chi connectivity index (χ2v) is 8.68. The number of nitrogens with zero attached hydrogens (tertiary/aromatic N) is 1. The molecule has 7 heteroatoms. The Morgan fingerprint density at radius 2 is 1.79 bits per heavy atom. The highest BCUT2D eigenvalue weighted by Crippen LogP contribution is 2.22. The summed E-state index contributed by atoms with van der Waals surface area (Å²) in [5.74, 6) is -0.782. The van der Waals surface area contributed by atoms with Gasteiger partial charge in [0.15, 0.2) is 0 Å². The summed E-state index contributed by atoms with van der Waals surface area (Å²) in [6.45, 7) is 4.02. The monoisotopic (exact) mass is 406 g/mol. The van der Waals surface area contributed by atoms with Crippen LogP contribution in [0.1, 0.15) is 43.9 Å². The first-order valence-corrected chi connectivity index (χ1v) is 11.2. The van der Waals surface area contributed by atoms with E-state index in [1.807, 2.05) is 31.2 Å². The summed E-state index contributed by atoms with van der Waals surface area (Å²) in [5.41, 5.74) is 2.24. The average molecular weight is 407 g/mol. The number of anilines is 1. The number of amides is 1. The van der Waals surface area contributed by atoms with Gasteiger partial charge in [-0.15, -0.1) is 0 Å². The lowest BCUT2D eigenvalue weighted by Gasteiger charge is -2.23. The molecular formula is C21H27FN2O3S. The van der Waals surface area contributed by atoms with E-state index in [-0.39, 0.29) is 37.0 Å². The zero-order valence-electron chi connectivity index (χ0n) is 16.5. The van der Waals surface area contributed by atoms with E-state index in [4.69, 9.17) is 0 Å². The predicted molar refractivity (Wildman–Crippen MR) is 110 cm³/mol. The minimum atomic E-state index is -3.65. The third kappa shape index (κ3) is 6.05.